The quantitative estimate of drug-likeness (QED) is 0.669. The van der Waals surface area contributed by atoms with Crippen LogP contribution in [0.25, 0.3) is 0 Å². The van der Waals surface area contributed by atoms with Crippen molar-refractivity contribution in [2.75, 3.05) is 6.26 Å². The Bertz CT molecular complexity index is 255. The molecule has 0 saturated heterocycles. The fraction of sp³-hybridized carbons (Fsp3) is 0.375. The minimum absolute atomic E-state index is 0.655. The Kier molecular flexibility index (Phi) is 2.76. The van der Waals surface area contributed by atoms with E-state index in [1.165, 1.54) is 5.56 Å². The molecule has 60 valence electrons. The first-order valence-corrected chi connectivity index (χ1v) is 5.08. The van der Waals surface area contributed by atoms with Crippen LogP contribution in [0.4, 0.5) is 0 Å². The summed E-state index contributed by atoms with van der Waals surface area (Å²) in [6, 6.07) is 3.78. The fourth-order valence-electron chi connectivity index (χ4n) is 0.790. The first kappa shape index (κ1) is 8.40. The van der Waals surface area contributed by atoms with E-state index in [0.717, 1.165) is 6.42 Å². The Morgan fingerprint density at radius 3 is 2.64 bits per heavy atom. The van der Waals surface area contributed by atoms with Gasteiger partial charge in [-0.15, -0.1) is 0 Å². The lowest BCUT2D eigenvalue weighted by atomic mass is 10.2. The molecule has 1 heterocycles. The minimum atomic E-state index is -0.950. The summed E-state index contributed by atoms with van der Waals surface area (Å²) in [4.78, 5) is 4.05. The monoisotopic (exact) mass is 169 g/mol. The molecule has 2 nitrogen and oxygen atoms in total. The van der Waals surface area contributed by atoms with E-state index < -0.39 is 10.8 Å². The van der Waals surface area contributed by atoms with Crippen LogP contribution >= 0.6 is 0 Å². The Balaban J connectivity index is 2.91. The molecule has 0 aliphatic heterocycles. The summed E-state index contributed by atoms with van der Waals surface area (Å²) >= 11 is 0. The summed E-state index contributed by atoms with van der Waals surface area (Å²) in [5.74, 6) is 0. The molecule has 0 bridgehead atoms. The number of hydrogen-bond acceptors (Lipinski definition) is 2. The Morgan fingerprint density at radius 1 is 1.55 bits per heavy atom. The lowest BCUT2D eigenvalue weighted by Crippen LogP contribution is -1.92. The summed E-state index contributed by atoms with van der Waals surface area (Å²) < 4.78 is 10.9. The molecule has 0 aromatic carbocycles. The molecule has 0 N–H and O–H groups in total. The van der Waals surface area contributed by atoms with Crippen LogP contribution in [0, 0.1) is 0 Å². The summed E-state index contributed by atoms with van der Waals surface area (Å²) in [5.41, 5.74) is 1.18. The third kappa shape index (κ3) is 2.12. The van der Waals surface area contributed by atoms with Gasteiger partial charge in [-0.05, 0) is 18.1 Å². The molecule has 1 aromatic rings. The second-order valence-electron chi connectivity index (χ2n) is 2.31. The van der Waals surface area contributed by atoms with E-state index >= 15 is 0 Å². The number of aromatic nitrogens is 1. The highest BCUT2D eigenvalue weighted by Gasteiger charge is 1.96. The zero-order valence-electron chi connectivity index (χ0n) is 6.70. The van der Waals surface area contributed by atoms with Crippen molar-refractivity contribution in [1.29, 1.82) is 0 Å². The van der Waals surface area contributed by atoms with Crippen LogP contribution in [0.5, 0.6) is 0 Å². The predicted octanol–water partition coefficient (Wildman–Crippen LogP) is 1.38. The van der Waals surface area contributed by atoms with Gasteiger partial charge in [-0.25, -0.2) is 4.98 Å². The van der Waals surface area contributed by atoms with Crippen LogP contribution in [-0.4, -0.2) is 15.4 Å². The lowest BCUT2D eigenvalue weighted by Gasteiger charge is -1.96. The molecule has 0 saturated carbocycles. The van der Waals surface area contributed by atoms with E-state index in [2.05, 4.69) is 11.9 Å². The predicted molar refractivity (Wildman–Crippen MR) is 45.9 cm³/mol. The summed E-state index contributed by atoms with van der Waals surface area (Å²) in [6.07, 6.45) is 4.38. The van der Waals surface area contributed by atoms with Gasteiger partial charge < -0.3 is 0 Å². The van der Waals surface area contributed by atoms with Gasteiger partial charge in [-0.3, -0.25) is 4.21 Å². The van der Waals surface area contributed by atoms with Crippen molar-refractivity contribution >= 4 is 10.8 Å². The maximum atomic E-state index is 10.9. The standard InChI is InChI=1S/C8H11NOS/c1-3-7-4-5-8(9-6-7)11(2)10/h4-6H,3H2,1-2H3. The van der Waals surface area contributed by atoms with Crippen LogP contribution in [0.15, 0.2) is 23.4 Å². The van der Waals surface area contributed by atoms with Gasteiger partial charge in [0.15, 0.2) is 0 Å². The molecule has 0 aliphatic carbocycles. The molecule has 1 rings (SSSR count). The highest BCUT2D eigenvalue weighted by Crippen LogP contribution is 2.03. The van der Waals surface area contributed by atoms with Crippen molar-refractivity contribution in [3.63, 3.8) is 0 Å². The molecule has 0 fully saturated rings. The summed E-state index contributed by atoms with van der Waals surface area (Å²) in [5, 5.41) is 0.655. The van der Waals surface area contributed by atoms with Crippen LogP contribution in [0.1, 0.15) is 12.5 Å². The SMILES string of the molecule is CCc1ccc(S(C)=O)nc1. The topological polar surface area (TPSA) is 30.0 Å². The molecule has 1 unspecified atom stereocenters. The largest absolute Gasteiger partial charge is 0.253 e. The molecule has 1 atom stereocenters. The highest BCUT2D eigenvalue weighted by atomic mass is 32.2. The molecule has 0 radical (unpaired) electrons. The normalized spacial score (nSPS) is 12.9. The van der Waals surface area contributed by atoms with Gasteiger partial charge in [0.25, 0.3) is 0 Å². The number of rotatable bonds is 2. The third-order valence-corrected chi connectivity index (χ3v) is 2.33. The number of nitrogens with zero attached hydrogens (tertiary/aromatic N) is 1. The zero-order valence-corrected chi connectivity index (χ0v) is 7.52. The smallest absolute Gasteiger partial charge is 0.126 e. The summed E-state index contributed by atoms with van der Waals surface area (Å²) in [6.45, 7) is 2.07. The van der Waals surface area contributed by atoms with Crippen molar-refractivity contribution in [3.05, 3.63) is 23.9 Å². The first-order chi connectivity index (χ1) is 5.24. The van der Waals surface area contributed by atoms with Crippen molar-refractivity contribution < 1.29 is 4.21 Å². The molecular weight excluding hydrogens is 158 g/mol. The lowest BCUT2D eigenvalue weighted by molar-refractivity contribution is 0.684. The first-order valence-electron chi connectivity index (χ1n) is 3.52. The molecule has 1 aromatic heterocycles. The van der Waals surface area contributed by atoms with Gasteiger partial charge in [-0.2, -0.15) is 0 Å². The second kappa shape index (κ2) is 3.62. The molecule has 11 heavy (non-hydrogen) atoms. The van der Waals surface area contributed by atoms with E-state index in [4.69, 9.17) is 0 Å². The maximum absolute atomic E-state index is 10.9. The molecular formula is C8H11NOS. The number of pyridine rings is 1. The van der Waals surface area contributed by atoms with Crippen molar-refractivity contribution in [2.45, 2.75) is 18.4 Å². The second-order valence-corrected chi connectivity index (χ2v) is 3.64. The zero-order chi connectivity index (χ0) is 8.27. The average molecular weight is 169 g/mol. The molecule has 3 heteroatoms. The van der Waals surface area contributed by atoms with Crippen molar-refractivity contribution in [1.82, 2.24) is 4.98 Å². The van der Waals surface area contributed by atoms with Crippen LogP contribution in [0.3, 0.4) is 0 Å². The highest BCUT2D eigenvalue weighted by molar-refractivity contribution is 7.84. The number of hydrogen-bond donors (Lipinski definition) is 0. The average Bonchev–Trinajstić information content (AvgIpc) is 2.05. The molecule has 0 spiro atoms. The van der Waals surface area contributed by atoms with E-state index in [9.17, 15) is 4.21 Å². The van der Waals surface area contributed by atoms with Gasteiger partial charge in [0.2, 0.25) is 0 Å². The van der Waals surface area contributed by atoms with E-state index in [0.29, 0.717) is 5.03 Å². The van der Waals surface area contributed by atoms with Gasteiger partial charge in [0.1, 0.15) is 5.03 Å². The van der Waals surface area contributed by atoms with Gasteiger partial charge in [0.05, 0.1) is 10.8 Å². The summed E-state index contributed by atoms with van der Waals surface area (Å²) in [7, 11) is -0.950. The number of aryl methyl sites for hydroxylation is 1. The maximum Gasteiger partial charge on any atom is 0.126 e. The molecule has 0 aliphatic rings. The Labute approximate surface area is 69.1 Å². The Hall–Kier alpha value is -0.700. The van der Waals surface area contributed by atoms with Crippen molar-refractivity contribution in [3.8, 4) is 0 Å². The van der Waals surface area contributed by atoms with Gasteiger partial charge >= 0.3 is 0 Å². The van der Waals surface area contributed by atoms with E-state index in [1.807, 2.05) is 12.1 Å². The van der Waals surface area contributed by atoms with Gasteiger partial charge in [-0.1, -0.05) is 13.0 Å². The van der Waals surface area contributed by atoms with Crippen molar-refractivity contribution in [2.24, 2.45) is 0 Å². The molecule has 0 amide bonds. The van der Waals surface area contributed by atoms with Crippen LogP contribution in [0.2, 0.25) is 0 Å². The third-order valence-electron chi connectivity index (χ3n) is 1.50. The van der Waals surface area contributed by atoms with Crippen LogP contribution < -0.4 is 0 Å². The van der Waals surface area contributed by atoms with Crippen LogP contribution in [-0.2, 0) is 17.2 Å². The van der Waals surface area contributed by atoms with E-state index in [1.54, 1.807) is 12.5 Å². The van der Waals surface area contributed by atoms with E-state index in [-0.39, 0.29) is 0 Å². The van der Waals surface area contributed by atoms with Gasteiger partial charge in [0, 0.05) is 12.5 Å². The Morgan fingerprint density at radius 2 is 2.27 bits per heavy atom. The fourth-order valence-corrected chi connectivity index (χ4v) is 1.25. The minimum Gasteiger partial charge on any atom is -0.253 e.